The maximum Gasteiger partial charge on any atom is 0.142 e. The molecule has 0 bridgehead atoms. The maximum atomic E-state index is 9.44. The van der Waals surface area contributed by atoms with Crippen LogP contribution in [0, 0.1) is 0 Å². The van der Waals surface area contributed by atoms with Crippen molar-refractivity contribution in [3.8, 4) is 0 Å². The van der Waals surface area contributed by atoms with Gasteiger partial charge in [0, 0.05) is 12.9 Å². The molecule has 0 aromatic heterocycles. The van der Waals surface area contributed by atoms with Crippen LogP contribution < -0.4 is 5.11 Å². The summed E-state index contributed by atoms with van der Waals surface area (Å²) in [5, 5.41) is 27.1. The highest BCUT2D eigenvalue weighted by atomic mass is 16.8. The third kappa shape index (κ3) is 27.4. The van der Waals surface area contributed by atoms with Crippen LogP contribution in [0.15, 0.2) is 12.2 Å². The van der Waals surface area contributed by atoms with Crippen LogP contribution in [0.1, 0.15) is 110 Å². The zero-order valence-electron chi connectivity index (χ0n) is 17.9. The van der Waals surface area contributed by atoms with Gasteiger partial charge in [-0.25, -0.2) is 0 Å². The fraction of sp³-hybridized carbons (Fsp3) is 0.864. The molecule has 0 atom stereocenters. The molecule has 2 N–H and O–H groups in total. The minimum absolute atomic E-state index is 0.367. The van der Waals surface area contributed by atoms with Crippen molar-refractivity contribution in [1.29, 1.82) is 0 Å². The number of rotatable bonds is 18. The number of hydrogen-bond acceptors (Lipinski definition) is 4. The monoisotopic (exact) mass is 387 g/mol. The summed E-state index contributed by atoms with van der Waals surface area (Å²) in [6.07, 6.45) is 24.1. The van der Waals surface area contributed by atoms with Gasteiger partial charge >= 0.3 is 0 Å². The Balaban J connectivity index is 0. The van der Waals surface area contributed by atoms with E-state index in [1.165, 1.54) is 83.5 Å². The lowest BCUT2D eigenvalue weighted by Gasteiger charge is -2.18. The first kappa shape index (κ1) is 28.3. The Morgan fingerprint density at radius 3 is 1.48 bits per heavy atom. The van der Waals surface area contributed by atoms with E-state index in [2.05, 4.69) is 19.1 Å². The predicted octanol–water partition coefficient (Wildman–Crippen LogP) is 5.40. The molecule has 0 aliphatic heterocycles. The third-order valence-corrected chi connectivity index (χ3v) is 4.78. The molecule has 0 aliphatic rings. The molecule has 0 spiro atoms. The summed E-state index contributed by atoms with van der Waals surface area (Å²) in [7, 11) is 0. The van der Waals surface area contributed by atoms with Crippen molar-refractivity contribution < 1.29 is 25.1 Å². The molecule has 0 unspecified atom stereocenters. The SMILES string of the molecule is CCCCCCCC/C=C\CCCCCCCCC[N+](O)(O)CC.O=C[O-]. The molecule has 27 heavy (non-hydrogen) atoms. The first-order valence-electron chi connectivity index (χ1n) is 11.1. The Hall–Kier alpha value is -0.910. The van der Waals surface area contributed by atoms with Gasteiger partial charge in [-0.1, -0.05) is 76.9 Å². The number of carbonyl (C=O) groups excluding carboxylic acids is 1. The zero-order chi connectivity index (χ0) is 20.6. The lowest BCUT2D eigenvalue weighted by Crippen LogP contribution is -2.41. The molecule has 0 heterocycles. The topological polar surface area (TPSA) is 80.6 Å². The Morgan fingerprint density at radius 1 is 0.704 bits per heavy atom. The number of hydroxylamine groups is 4. The van der Waals surface area contributed by atoms with Crippen LogP contribution in [0.2, 0.25) is 0 Å². The molecular weight excluding hydrogens is 342 g/mol. The highest BCUT2D eigenvalue weighted by Crippen LogP contribution is 2.11. The van der Waals surface area contributed by atoms with E-state index in [9.17, 15) is 10.4 Å². The Bertz CT molecular complexity index is 319. The van der Waals surface area contributed by atoms with Crippen LogP contribution in [-0.4, -0.2) is 34.8 Å². The van der Waals surface area contributed by atoms with Gasteiger partial charge in [0.25, 0.3) is 0 Å². The van der Waals surface area contributed by atoms with Gasteiger partial charge in [0.1, 0.15) is 13.1 Å². The number of hydrogen-bond donors (Lipinski definition) is 2. The van der Waals surface area contributed by atoms with Crippen molar-refractivity contribution in [2.24, 2.45) is 0 Å². The Labute approximate surface area is 167 Å². The van der Waals surface area contributed by atoms with Crippen LogP contribution in [0.25, 0.3) is 0 Å². The molecule has 0 aromatic carbocycles. The van der Waals surface area contributed by atoms with Gasteiger partial charge in [0.15, 0.2) is 0 Å². The first-order valence-corrected chi connectivity index (χ1v) is 11.1. The van der Waals surface area contributed by atoms with E-state index in [4.69, 9.17) is 9.90 Å². The summed E-state index contributed by atoms with van der Waals surface area (Å²) in [6, 6.07) is 0. The minimum atomic E-state index is -0.814. The molecule has 0 saturated heterocycles. The summed E-state index contributed by atoms with van der Waals surface area (Å²) >= 11 is 0. The molecule has 0 aliphatic carbocycles. The quantitative estimate of drug-likeness (QED) is 0.109. The van der Waals surface area contributed by atoms with E-state index >= 15 is 0 Å². The van der Waals surface area contributed by atoms with Crippen molar-refractivity contribution in [3.63, 3.8) is 0 Å². The van der Waals surface area contributed by atoms with Crippen molar-refractivity contribution in [2.45, 2.75) is 110 Å². The second kappa shape index (κ2) is 23.1. The number of nitrogens with zero attached hydrogens (tertiary/aromatic N) is 1. The number of unbranched alkanes of at least 4 members (excludes halogenated alkanes) is 13. The largest absolute Gasteiger partial charge is 0.554 e. The van der Waals surface area contributed by atoms with Crippen molar-refractivity contribution in [2.75, 3.05) is 13.1 Å². The smallest absolute Gasteiger partial charge is 0.142 e. The second-order valence-corrected chi connectivity index (χ2v) is 7.31. The molecule has 0 rings (SSSR count). The molecular formula is C22H45NO4. The highest BCUT2D eigenvalue weighted by Gasteiger charge is 2.17. The molecule has 0 radical (unpaired) electrons. The van der Waals surface area contributed by atoms with Gasteiger partial charge < -0.3 is 9.90 Å². The molecule has 0 saturated carbocycles. The second-order valence-electron chi connectivity index (χ2n) is 7.31. The average molecular weight is 388 g/mol. The van der Waals surface area contributed by atoms with Gasteiger partial charge in [-0.15, -0.1) is 0 Å². The standard InChI is InChI=1S/C21H44NO2.CH2O2/c1-3-5-6-7-8-9-10-11-12-13-14-15-16-17-18-19-20-21-22(23,24)4-2;2-1-3/h11-12,23-24H,3-10,13-21H2,1-2H3;1H,(H,2,3)/q+1;/p-1/b12-11-;. The fourth-order valence-corrected chi connectivity index (χ4v) is 2.95. The van der Waals surface area contributed by atoms with Crippen LogP contribution >= 0.6 is 0 Å². The molecule has 0 amide bonds. The fourth-order valence-electron chi connectivity index (χ4n) is 2.95. The summed E-state index contributed by atoms with van der Waals surface area (Å²) in [6.45, 7) is 4.39. The highest BCUT2D eigenvalue weighted by molar-refractivity contribution is 5.29. The average Bonchev–Trinajstić information content (AvgIpc) is 2.65. The number of carbonyl (C=O) groups is 1. The van der Waals surface area contributed by atoms with E-state index in [1.54, 1.807) is 6.92 Å². The summed E-state index contributed by atoms with van der Waals surface area (Å²) in [4.78, 5) is 7.44. The maximum absolute atomic E-state index is 9.44. The van der Waals surface area contributed by atoms with Crippen molar-refractivity contribution in [3.05, 3.63) is 12.2 Å². The summed E-state index contributed by atoms with van der Waals surface area (Å²) in [5.41, 5.74) is 0. The van der Waals surface area contributed by atoms with Gasteiger partial charge in [0.2, 0.25) is 0 Å². The third-order valence-electron chi connectivity index (χ3n) is 4.78. The van der Waals surface area contributed by atoms with Gasteiger partial charge in [0.05, 0.1) is 0 Å². The molecule has 162 valence electrons. The normalized spacial score (nSPS) is 11.4. The number of allylic oxidation sites excluding steroid dienone is 2. The van der Waals surface area contributed by atoms with Crippen LogP contribution in [0.4, 0.5) is 0 Å². The van der Waals surface area contributed by atoms with Crippen molar-refractivity contribution >= 4 is 6.47 Å². The van der Waals surface area contributed by atoms with Crippen molar-refractivity contribution in [1.82, 2.24) is 0 Å². The van der Waals surface area contributed by atoms with Crippen LogP contribution in [0.3, 0.4) is 0 Å². The van der Waals surface area contributed by atoms with Gasteiger partial charge in [-0.2, -0.15) is 10.4 Å². The zero-order valence-corrected chi connectivity index (χ0v) is 17.9. The lowest BCUT2D eigenvalue weighted by molar-refractivity contribution is -1.24. The van der Waals surface area contributed by atoms with E-state index in [-0.39, 0.29) is 0 Å². The summed E-state index contributed by atoms with van der Waals surface area (Å²) in [5.74, 6) is 0. The predicted molar refractivity (Wildman–Crippen MR) is 109 cm³/mol. The van der Waals surface area contributed by atoms with Gasteiger partial charge in [-0.3, -0.25) is 0 Å². The van der Waals surface area contributed by atoms with E-state index in [0.29, 0.717) is 13.1 Å². The molecule has 0 aromatic rings. The first-order chi connectivity index (χ1) is 13.0. The number of carboxylic acid groups (broad SMARTS) is 1. The molecule has 5 nitrogen and oxygen atoms in total. The van der Waals surface area contributed by atoms with Crippen LogP contribution in [0.5, 0.6) is 0 Å². The van der Waals surface area contributed by atoms with E-state index in [0.717, 1.165) is 12.8 Å². The molecule has 5 heteroatoms. The Kier molecular flexibility index (Phi) is 24.2. The molecule has 0 fully saturated rings. The lowest BCUT2D eigenvalue weighted by atomic mass is 10.1. The minimum Gasteiger partial charge on any atom is -0.554 e. The Morgan fingerprint density at radius 2 is 1.07 bits per heavy atom. The van der Waals surface area contributed by atoms with E-state index in [1.807, 2.05) is 0 Å². The van der Waals surface area contributed by atoms with E-state index < -0.39 is 11.3 Å². The van der Waals surface area contributed by atoms with Crippen LogP contribution in [-0.2, 0) is 4.79 Å². The van der Waals surface area contributed by atoms with Gasteiger partial charge in [-0.05, 0) is 43.8 Å². The summed E-state index contributed by atoms with van der Waals surface area (Å²) < 4.78 is 0. The number of quaternary nitrogens is 1.